The number of thiophene rings is 1. The molecule has 3 aromatic rings. The highest BCUT2D eigenvalue weighted by Gasteiger charge is 2.30. The van der Waals surface area contributed by atoms with Gasteiger partial charge in [-0.3, -0.25) is 9.10 Å². The third kappa shape index (κ3) is 6.51. The Bertz CT molecular complexity index is 1390. The van der Waals surface area contributed by atoms with Gasteiger partial charge in [0, 0.05) is 13.1 Å². The fourth-order valence-electron chi connectivity index (χ4n) is 3.21. The van der Waals surface area contributed by atoms with E-state index in [1.54, 1.807) is 32.0 Å². The maximum Gasteiger partial charge on any atom is 0.356 e. The van der Waals surface area contributed by atoms with Gasteiger partial charge in [-0.1, -0.05) is 17.7 Å². The second-order valence-corrected chi connectivity index (χ2v) is 10.9. The number of carbonyl (C=O) groups is 2. The first-order valence-electron chi connectivity index (χ1n) is 11.3. The summed E-state index contributed by atoms with van der Waals surface area (Å²) in [4.78, 5) is 28.7. The molecule has 3 rings (SSSR count). The Balaban J connectivity index is 1.92. The van der Waals surface area contributed by atoms with Crippen molar-refractivity contribution >= 4 is 56.3 Å². The van der Waals surface area contributed by atoms with E-state index in [0.717, 1.165) is 15.6 Å². The highest BCUT2D eigenvalue weighted by Crippen LogP contribution is 2.37. The first kappa shape index (κ1) is 28.2. The Morgan fingerprint density at radius 3 is 2.41 bits per heavy atom. The summed E-state index contributed by atoms with van der Waals surface area (Å²) >= 11 is 6.94. The summed E-state index contributed by atoms with van der Waals surface area (Å²) in [6.07, 6.45) is 0. The Labute approximate surface area is 224 Å². The van der Waals surface area contributed by atoms with Crippen LogP contribution in [0.15, 0.2) is 47.4 Å². The number of nitrogens with zero attached hydrogens (tertiary/aromatic N) is 2. The van der Waals surface area contributed by atoms with Crippen LogP contribution in [0.4, 0.5) is 11.5 Å². The predicted octanol–water partition coefficient (Wildman–Crippen LogP) is 4.85. The van der Waals surface area contributed by atoms with E-state index >= 15 is 0 Å². The number of aromatic nitrogens is 1. The molecule has 0 fully saturated rings. The van der Waals surface area contributed by atoms with E-state index in [-0.39, 0.29) is 32.2 Å². The summed E-state index contributed by atoms with van der Waals surface area (Å²) in [5.74, 6) is -0.485. The van der Waals surface area contributed by atoms with Gasteiger partial charge < -0.3 is 19.5 Å². The van der Waals surface area contributed by atoms with Crippen LogP contribution in [-0.4, -0.2) is 52.1 Å². The van der Waals surface area contributed by atoms with Crippen LogP contribution in [0.3, 0.4) is 0 Å². The number of carbonyl (C=O) groups excluding carboxylic acids is 2. The first-order valence-corrected chi connectivity index (χ1v) is 13.9. The molecular weight excluding hydrogens is 542 g/mol. The average Bonchev–Trinajstić information content (AvgIpc) is 3.28. The van der Waals surface area contributed by atoms with Gasteiger partial charge in [-0.2, -0.15) is 0 Å². The number of rotatable bonds is 11. The molecule has 13 heteroatoms. The first-order chi connectivity index (χ1) is 17.6. The lowest BCUT2D eigenvalue weighted by molar-refractivity contribution is 0.0519. The van der Waals surface area contributed by atoms with Crippen molar-refractivity contribution in [1.82, 2.24) is 4.98 Å². The minimum Gasteiger partial charge on any atom is -0.490 e. The van der Waals surface area contributed by atoms with Gasteiger partial charge in [-0.05, 0) is 51.1 Å². The van der Waals surface area contributed by atoms with E-state index in [1.807, 2.05) is 6.92 Å². The molecule has 2 aromatic heterocycles. The predicted molar refractivity (Wildman–Crippen MR) is 142 cm³/mol. The zero-order valence-electron chi connectivity index (χ0n) is 20.6. The molecule has 1 N–H and O–H groups in total. The maximum absolute atomic E-state index is 13.6. The average molecular weight is 568 g/mol. The zero-order chi connectivity index (χ0) is 27.2. The molecule has 0 saturated carbocycles. The molecule has 0 radical (unpaired) electrons. The monoisotopic (exact) mass is 567 g/mol. The van der Waals surface area contributed by atoms with Gasteiger partial charge in [0.15, 0.2) is 17.2 Å². The molecule has 0 atom stereocenters. The smallest absolute Gasteiger partial charge is 0.356 e. The van der Waals surface area contributed by atoms with Gasteiger partial charge in [0.05, 0.1) is 29.8 Å². The van der Waals surface area contributed by atoms with Crippen LogP contribution >= 0.6 is 22.9 Å². The Morgan fingerprint density at radius 1 is 1.03 bits per heavy atom. The molecule has 10 nitrogen and oxygen atoms in total. The summed E-state index contributed by atoms with van der Waals surface area (Å²) in [5, 5.41) is 2.52. The fourth-order valence-corrected chi connectivity index (χ4v) is 6.09. The van der Waals surface area contributed by atoms with Gasteiger partial charge in [0.25, 0.3) is 15.9 Å². The molecule has 0 aliphatic heterocycles. The number of sulfonamides is 1. The molecule has 0 aliphatic carbocycles. The van der Waals surface area contributed by atoms with Crippen LogP contribution in [0, 0.1) is 0 Å². The summed E-state index contributed by atoms with van der Waals surface area (Å²) in [7, 11) is -2.86. The van der Waals surface area contributed by atoms with Crippen molar-refractivity contribution in [2.45, 2.75) is 25.7 Å². The van der Waals surface area contributed by atoms with E-state index < -0.39 is 21.9 Å². The number of halogens is 1. The lowest BCUT2D eigenvalue weighted by Gasteiger charge is -2.21. The quantitative estimate of drug-likeness (QED) is 0.326. The Kier molecular flexibility index (Phi) is 9.35. The van der Waals surface area contributed by atoms with Gasteiger partial charge >= 0.3 is 5.97 Å². The molecule has 2 heterocycles. The minimum absolute atomic E-state index is 0.00274. The number of amides is 1. The van der Waals surface area contributed by atoms with Crippen molar-refractivity contribution in [2.75, 3.05) is 36.5 Å². The third-order valence-electron chi connectivity index (χ3n) is 4.88. The van der Waals surface area contributed by atoms with Crippen molar-refractivity contribution in [3.05, 3.63) is 57.4 Å². The summed E-state index contributed by atoms with van der Waals surface area (Å²) in [6.45, 7) is 6.23. The molecule has 1 amide bonds. The number of esters is 1. The molecule has 0 spiro atoms. The molecule has 0 saturated heterocycles. The number of nitrogens with one attached hydrogen (secondary N) is 1. The van der Waals surface area contributed by atoms with Crippen LogP contribution in [0.25, 0.3) is 0 Å². The molecular formula is C24H26ClN3O7S2. The second-order valence-electron chi connectivity index (χ2n) is 7.30. The van der Waals surface area contributed by atoms with Crippen molar-refractivity contribution in [3.63, 3.8) is 0 Å². The van der Waals surface area contributed by atoms with E-state index in [9.17, 15) is 18.0 Å². The summed E-state index contributed by atoms with van der Waals surface area (Å²) in [5.41, 5.74) is 0.293. The van der Waals surface area contributed by atoms with Crippen molar-refractivity contribution < 1.29 is 32.2 Å². The van der Waals surface area contributed by atoms with Gasteiger partial charge in [-0.25, -0.2) is 18.2 Å². The third-order valence-corrected chi connectivity index (χ3v) is 8.08. The molecule has 198 valence electrons. The number of pyridine rings is 1. The highest BCUT2D eigenvalue weighted by molar-refractivity contribution is 7.93. The zero-order valence-corrected chi connectivity index (χ0v) is 23.0. The van der Waals surface area contributed by atoms with E-state index in [2.05, 4.69) is 10.3 Å². The number of benzene rings is 1. The minimum atomic E-state index is -4.22. The van der Waals surface area contributed by atoms with Crippen molar-refractivity contribution in [3.8, 4) is 11.5 Å². The SMILES string of the molecule is CCOC(=O)c1cccc(NC(=O)c2sc(Cl)cc2S(=O)(=O)N(C)c2ccc(OCC)c(OCC)c2)n1. The van der Waals surface area contributed by atoms with Crippen LogP contribution in [0.1, 0.15) is 40.9 Å². The van der Waals surface area contributed by atoms with E-state index in [0.29, 0.717) is 30.4 Å². The largest absolute Gasteiger partial charge is 0.490 e. The lowest BCUT2D eigenvalue weighted by Crippen LogP contribution is -2.28. The van der Waals surface area contributed by atoms with E-state index in [4.69, 9.17) is 25.8 Å². The molecule has 0 bridgehead atoms. The van der Waals surface area contributed by atoms with Gasteiger partial charge in [0.1, 0.15) is 15.6 Å². The van der Waals surface area contributed by atoms with Crippen LogP contribution in [0.2, 0.25) is 4.34 Å². The Hall–Kier alpha value is -3.35. The number of hydrogen-bond acceptors (Lipinski definition) is 9. The Morgan fingerprint density at radius 2 is 1.73 bits per heavy atom. The molecule has 1 aromatic carbocycles. The van der Waals surface area contributed by atoms with Crippen LogP contribution in [0.5, 0.6) is 11.5 Å². The number of anilines is 2. The van der Waals surface area contributed by atoms with E-state index in [1.165, 1.54) is 31.3 Å². The van der Waals surface area contributed by atoms with Gasteiger partial charge in [0.2, 0.25) is 0 Å². The fraction of sp³-hybridized carbons (Fsp3) is 0.292. The summed E-state index contributed by atoms with van der Waals surface area (Å²) in [6, 6.07) is 10.4. The van der Waals surface area contributed by atoms with Gasteiger partial charge in [-0.15, -0.1) is 11.3 Å². The van der Waals surface area contributed by atoms with Crippen molar-refractivity contribution in [1.29, 1.82) is 0 Å². The van der Waals surface area contributed by atoms with Crippen molar-refractivity contribution in [2.24, 2.45) is 0 Å². The lowest BCUT2D eigenvalue weighted by atomic mass is 10.3. The molecule has 0 aliphatic rings. The number of hydrogen-bond donors (Lipinski definition) is 1. The topological polar surface area (TPSA) is 124 Å². The second kappa shape index (κ2) is 12.3. The normalized spacial score (nSPS) is 11.1. The highest BCUT2D eigenvalue weighted by atomic mass is 35.5. The molecule has 37 heavy (non-hydrogen) atoms. The molecule has 0 unspecified atom stereocenters. The standard InChI is InChI=1S/C24H26ClN3O7S2/c1-5-33-17-12-11-15(13-18(17)34-6-2)28(4)37(31,32)19-14-20(25)36-22(19)23(29)27-21-10-8-9-16(26-21)24(30)35-7-3/h8-14H,5-7H2,1-4H3,(H,26,27,29). The summed E-state index contributed by atoms with van der Waals surface area (Å²) < 4.78 is 44.3. The van der Waals surface area contributed by atoms with Crippen LogP contribution < -0.4 is 19.1 Å². The maximum atomic E-state index is 13.6. The number of ether oxygens (including phenoxy) is 3. The van der Waals surface area contributed by atoms with Crippen LogP contribution in [-0.2, 0) is 14.8 Å².